The Morgan fingerprint density at radius 3 is 1.48 bits per heavy atom. The summed E-state index contributed by atoms with van der Waals surface area (Å²) in [7, 11) is 0. The zero-order chi connectivity index (χ0) is 41.7. The molecule has 0 atom stereocenters. The maximum Gasteiger partial charge on any atom is 0.160 e. The van der Waals surface area contributed by atoms with Crippen LogP contribution in [0.4, 0.5) is 0 Å². The van der Waals surface area contributed by atoms with E-state index < -0.39 is 0 Å². The van der Waals surface area contributed by atoms with Crippen molar-refractivity contribution in [2.75, 3.05) is 0 Å². The standard InChI is InChI=1S/C59H38N4/c1-5-16-41(17-6-1)52-38-53(42-18-7-2-8-19-42)62-59(61-52)46-23-15-22-44(36-46)39-28-30-40(31-29-39)45-32-33-49-55(37-45)63(47-24-11-4-12-25-47)54-35-34-50-56(57(49)54)48-26-13-14-27-51(48)60-58(50)43-20-9-3-10-21-43/h1-38H. The average Bonchev–Trinajstić information content (AvgIpc) is 3.71. The Kier molecular flexibility index (Phi) is 8.79. The molecule has 0 amide bonds. The molecule has 3 heterocycles. The molecule has 0 aliphatic rings. The summed E-state index contributed by atoms with van der Waals surface area (Å²) in [6, 6.07) is 81.5. The topological polar surface area (TPSA) is 43.6 Å². The second-order valence-electron chi connectivity index (χ2n) is 16.0. The van der Waals surface area contributed by atoms with Crippen molar-refractivity contribution in [2.24, 2.45) is 0 Å². The maximum atomic E-state index is 5.24. The van der Waals surface area contributed by atoms with E-state index in [1.54, 1.807) is 0 Å². The first-order chi connectivity index (χ1) is 31.2. The van der Waals surface area contributed by atoms with Gasteiger partial charge in [-0.05, 0) is 64.7 Å². The van der Waals surface area contributed by atoms with E-state index in [0.717, 1.165) is 89.1 Å². The van der Waals surface area contributed by atoms with E-state index in [0.29, 0.717) is 5.82 Å². The zero-order valence-corrected chi connectivity index (χ0v) is 34.2. The van der Waals surface area contributed by atoms with Crippen LogP contribution in [-0.4, -0.2) is 19.5 Å². The van der Waals surface area contributed by atoms with Gasteiger partial charge in [-0.1, -0.05) is 188 Å². The lowest BCUT2D eigenvalue weighted by Crippen LogP contribution is -1.96. The fourth-order valence-electron chi connectivity index (χ4n) is 9.18. The molecule has 0 radical (unpaired) electrons. The number of pyridine rings is 1. The largest absolute Gasteiger partial charge is 0.309 e. The van der Waals surface area contributed by atoms with Crippen LogP contribution in [0.3, 0.4) is 0 Å². The monoisotopic (exact) mass is 802 g/mol. The molecule has 294 valence electrons. The molecule has 4 nitrogen and oxygen atoms in total. The van der Waals surface area contributed by atoms with Crippen LogP contribution in [0.15, 0.2) is 231 Å². The second-order valence-corrected chi connectivity index (χ2v) is 16.0. The van der Waals surface area contributed by atoms with Gasteiger partial charge in [-0.2, -0.15) is 0 Å². The number of aromatic nitrogens is 4. The predicted octanol–water partition coefficient (Wildman–Crippen LogP) is 15.3. The first-order valence-corrected chi connectivity index (χ1v) is 21.4. The van der Waals surface area contributed by atoms with Crippen LogP contribution in [0.5, 0.6) is 0 Å². The van der Waals surface area contributed by atoms with Gasteiger partial charge in [0.2, 0.25) is 0 Å². The van der Waals surface area contributed by atoms with E-state index in [1.807, 2.05) is 36.4 Å². The molecule has 0 saturated heterocycles. The Morgan fingerprint density at radius 1 is 0.286 bits per heavy atom. The molecule has 0 aliphatic heterocycles. The summed E-state index contributed by atoms with van der Waals surface area (Å²) in [6.07, 6.45) is 0. The highest BCUT2D eigenvalue weighted by Crippen LogP contribution is 2.43. The predicted molar refractivity (Wildman–Crippen MR) is 262 cm³/mol. The lowest BCUT2D eigenvalue weighted by molar-refractivity contribution is 1.18. The Balaban J connectivity index is 0.971. The molecule has 0 fully saturated rings. The van der Waals surface area contributed by atoms with Gasteiger partial charge in [-0.25, -0.2) is 15.0 Å². The van der Waals surface area contributed by atoms with Crippen molar-refractivity contribution in [3.05, 3.63) is 231 Å². The Bertz CT molecular complexity index is 3580. The molecule has 4 heteroatoms. The lowest BCUT2D eigenvalue weighted by atomic mass is 9.95. The highest BCUT2D eigenvalue weighted by Gasteiger charge is 2.20. The summed E-state index contributed by atoms with van der Waals surface area (Å²) in [5.74, 6) is 0.698. The minimum absolute atomic E-state index is 0.698. The Morgan fingerprint density at radius 2 is 0.810 bits per heavy atom. The van der Waals surface area contributed by atoms with Gasteiger partial charge in [-0.15, -0.1) is 0 Å². The summed E-state index contributed by atoms with van der Waals surface area (Å²) in [5, 5.41) is 5.97. The molecule has 0 unspecified atom stereocenters. The number of hydrogen-bond donors (Lipinski definition) is 0. The highest BCUT2D eigenvalue weighted by molar-refractivity contribution is 6.29. The van der Waals surface area contributed by atoms with Crippen molar-refractivity contribution in [1.29, 1.82) is 0 Å². The van der Waals surface area contributed by atoms with Crippen LogP contribution in [0.25, 0.3) is 117 Å². The fraction of sp³-hybridized carbons (Fsp3) is 0. The van der Waals surface area contributed by atoms with Gasteiger partial charge >= 0.3 is 0 Å². The van der Waals surface area contributed by atoms with Crippen molar-refractivity contribution in [2.45, 2.75) is 0 Å². The molecule has 12 rings (SSSR count). The molecule has 9 aromatic carbocycles. The van der Waals surface area contributed by atoms with Gasteiger partial charge in [0.15, 0.2) is 5.82 Å². The molecular weight excluding hydrogens is 765 g/mol. The lowest BCUT2D eigenvalue weighted by Gasteiger charge is -2.12. The fourth-order valence-corrected chi connectivity index (χ4v) is 9.18. The van der Waals surface area contributed by atoms with Crippen LogP contribution in [0.1, 0.15) is 0 Å². The maximum absolute atomic E-state index is 5.24. The van der Waals surface area contributed by atoms with Gasteiger partial charge in [0, 0.05) is 54.9 Å². The first-order valence-electron chi connectivity index (χ1n) is 21.4. The van der Waals surface area contributed by atoms with Crippen molar-refractivity contribution in [3.63, 3.8) is 0 Å². The zero-order valence-electron chi connectivity index (χ0n) is 34.2. The minimum Gasteiger partial charge on any atom is -0.309 e. The van der Waals surface area contributed by atoms with E-state index in [1.165, 1.54) is 21.7 Å². The number of nitrogens with zero attached hydrogens (tertiary/aromatic N) is 4. The van der Waals surface area contributed by atoms with Gasteiger partial charge in [0.05, 0.1) is 33.6 Å². The molecule has 0 bridgehead atoms. The average molecular weight is 803 g/mol. The molecule has 3 aromatic heterocycles. The Labute approximate surface area is 365 Å². The van der Waals surface area contributed by atoms with Gasteiger partial charge < -0.3 is 4.57 Å². The second kappa shape index (κ2) is 15.2. The summed E-state index contributed by atoms with van der Waals surface area (Å²) in [6.45, 7) is 0. The van der Waals surface area contributed by atoms with Crippen LogP contribution >= 0.6 is 0 Å². The summed E-state index contributed by atoms with van der Waals surface area (Å²) < 4.78 is 2.42. The number of rotatable bonds is 7. The van der Waals surface area contributed by atoms with Crippen LogP contribution in [0, 0.1) is 0 Å². The molecule has 0 saturated carbocycles. The van der Waals surface area contributed by atoms with Crippen LogP contribution < -0.4 is 0 Å². The van der Waals surface area contributed by atoms with E-state index in [4.69, 9.17) is 15.0 Å². The smallest absolute Gasteiger partial charge is 0.160 e. The third-order valence-corrected chi connectivity index (χ3v) is 12.2. The summed E-state index contributed by atoms with van der Waals surface area (Å²) in [5.41, 5.74) is 16.0. The normalized spacial score (nSPS) is 11.5. The molecule has 0 aliphatic carbocycles. The molecule has 12 aromatic rings. The van der Waals surface area contributed by atoms with Crippen molar-refractivity contribution < 1.29 is 0 Å². The highest BCUT2D eigenvalue weighted by atomic mass is 15.0. The molecule has 0 spiro atoms. The van der Waals surface area contributed by atoms with Crippen molar-refractivity contribution >= 4 is 43.5 Å². The van der Waals surface area contributed by atoms with E-state index >= 15 is 0 Å². The molecular formula is C59H38N4. The molecule has 0 N–H and O–H groups in total. The minimum atomic E-state index is 0.698. The summed E-state index contributed by atoms with van der Waals surface area (Å²) >= 11 is 0. The summed E-state index contributed by atoms with van der Waals surface area (Å²) in [4.78, 5) is 15.4. The van der Waals surface area contributed by atoms with E-state index in [2.05, 4.69) is 199 Å². The van der Waals surface area contributed by atoms with E-state index in [-0.39, 0.29) is 0 Å². The van der Waals surface area contributed by atoms with E-state index in [9.17, 15) is 0 Å². The number of benzene rings is 9. The SMILES string of the molecule is c1ccc(-c2cc(-c3ccccc3)nc(-c3cccc(-c4ccc(-c5ccc6c7c8c(ccc7n(-c7ccccc7)c6c5)c(-c5ccccc5)nc5ccccc58)cc4)c3)n2)cc1. The third kappa shape index (κ3) is 6.44. The number of hydrogen-bond acceptors (Lipinski definition) is 3. The van der Waals surface area contributed by atoms with Gasteiger partial charge in [-0.3, -0.25) is 0 Å². The van der Waals surface area contributed by atoms with Gasteiger partial charge in [0.1, 0.15) is 0 Å². The van der Waals surface area contributed by atoms with Gasteiger partial charge in [0.25, 0.3) is 0 Å². The number of para-hydroxylation sites is 2. The first kappa shape index (κ1) is 36.4. The third-order valence-electron chi connectivity index (χ3n) is 12.2. The van der Waals surface area contributed by atoms with Crippen LogP contribution in [-0.2, 0) is 0 Å². The van der Waals surface area contributed by atoms with Crippen molar-refractivity contribution in [1.82, 2.24) is 19.5 Å². The number of fused-ring (bicyclic) bond motifs is 7. The Hall–Kier alpha value is -8.47. The quantitative estimate of drug-likeness (QED) is 0.151. The van der Waals surface area contributed by atoms with Crippen LogP contribution in [0.2, 0.25) is 0 Å². The van der Waals surface area contributed by atoms with Crippen molar-refractivity contribution in [3.8, 4) is 73.1 Å². The molecule has 63 heavy (non-hydrogen) atoms.